The Morgan fingerprint density at radius 1 is 1.21 bits per heavy atom. The molecule has 0 fully saturated rings. The van der Waals surface area contributed by atoms with Gasteiger partial charge in [0.1, 0.15) is 5.75 Å². The molecule has 1 N–H and O–H groups in total. The van der Waals surface area contributed by atoms with Gasteiger partial charge in [0.2, 0.25) is 4.77 Å². The third-order valence-corrected chi connectivity index (χ3v) is 3.76. The summed E-state index contributed by atoms with van der Waals surface area (Å²) in [6.07, 6.45) is 1.73. The molecule has 0 atom stereocenters. The molecule has 1 heterocycles. The predicted molar refractivity (Wildman–Crippen MR) is 98.2 cm³/mol. The zero-order chi connectivity index (χ0) is 16.9. The number of benzene rings is 2. The van der Waals surface area contributed by atoms with Crippen molar-refractivity contribution >= 4 is 18.4 Å². The molecule has 122 valence electrons. The first kappa shape index (κ1) is 16.1. The van der Waals surface area contributed by atoms with E-state index in [9.17, 15) is 0 Å². The number of aromatic amines is 1. The summed E-state index contributed by atoms with van der Waals surface area (Å²) in [4.78, 5) is 0. The fourth-order valence-corrected chi connectivity index (χ4v) is 2.46. The van der Waals surface area contributed by atoms with E-state index in [1.807, 2.05) is 62.4 Å². The van der Waals surface area contributed by atoms with E-state index in [0.717, 1.165) is 16.9 Å². The molecule has 0 amide bonds. The number of ether oxygens (including phenoxy) is 1. The largest absolute Gasteiger partial charge is 0.493 e. The van der Waals surface area contributed by atoms with Crippen molar-refractivity contribution in [1.29, 1.82) is 0 Å². The fraction of sp³-hybridized carbons (Fsp3) is 0.167. The lowest BCUT2D eigenvalue weighted by Gasteiger charge is -2.06. The van der Waals surface area contributed by atoms with Crippen molar-refractivity contribution in [2.75, 3.05) is 6.61 Å². The number of nitrogens with one attached hydrogen (secondary N) is 1. The fourth-order valence-electron chi connectivity index (χ4n) is 2.28. The standard InChI is InChI=1S/C18H18N4OS/c1-3-23-16-7-5-4-6-15(16)12-19-22-17(20-21-18(22)24)14-10-8-13(2)9-11-14/h4-12H,3H2,1-2H3,(H,21,24)/b19-12-. The molecule has 0 radical (unpaired) electrons. The van der Waals surface area contributed by atoms with Gasteiger partial charge < -0.3 is 4.74 Å². The third kappa shape index (κ3) is 3.44. The molecule has 0 aliphatic heterocycles. The van der Waals surface area contributed by atoms with Gasteiger partial charge in [-0.15, -0.1) is 0 Å². The number of aromatic nitrogens is 3. The van der Waals surface area contributed by atoms with Crippen LogP contribution in [0.3, 0.4) is 0 Å². The van der Waals surface area contributed by atoms with E-state index in [1.165, 1.54) is 5.56 Å². The number of hydrogen-bond acceptors (Lipinski definition) is 4. The molecular weight excluding hydrogens is 320 g/mol. The summed E-state index contributed by atoms with van der Waals surface area (Å²) in [5.41, 5.74) is 3.02. The second-order valence-electron chi connectivity index (χ2n) is 5.25. The van der Waals surface area contributed by atoms with Crippen LogP contribution in [0, 0.1) is 11.7 Å². The number of H-pyrrole nitrogens is 1. The summed E-state index contributed by atoms with van der Waals surface area (Å²) < 4.78 is 7.67. The van der Waals surface area contributed by atoms with Gasteiger partial charge in [-0.1, -0.05) is 42.0 Å². The summed E-state index contributed by atoms with van der Waals surface area (Å²) >= 11 is 5.30. The van der Waals surface area contributed by atoms with Crippen LogP contribution in [0.4, 0.5) is 0 Å². The molecule has 1 aromatic heterocycles. The van der Waals surface area contributed by atoms with E-state index >= 15 is 0 Å². The van der Waals surface area contributed by atoms with Crippen LogP contribution in [0.15, 0.2) is 53.6 Å². The Hall–Kier alpha value is -2.73. The van der Waals surface area contributed by atoms with Gasteiger partial charge in [-0.2, -0.15) is 14.9 Å². The SMILES string of the molecule is CCOc1ccccc1/C=N\n1c(-c2ccc(C)cc2)n[nH]c1=S. The Balaban J connectivity index is 1.98. The molecule has 2 aromatic carbocycles. The quantitative estimate of drug-likeness (QED) is 0.560. The van der Waals surface area contributed by atoms with Crippen molar-refractivity contribution < 1.29 is 4.74 Å². The highest BCUT2D eigenvalue weighted by atomic mass is 32.1. The minimum absolute atomic E-state index is 0.440. The van der Waals surface area contributed by atoms with Crippen LogP contribution in [0.2, 0.25) is 0 Å². The highest BCUT2D eigenvalue weighted by Gasteiger charge is 2.08. The molecule has 3 aromatic rings. The van der Waals surface area contributed by atoms with E-state index in [1.54, 1.807) is 10.9 Å². The summed E-state index contributed by atoms with van der Waals surface area (Å²) in [6.45, 7) is 4.60. The normalized spacial score (nSPS) is 11.1. The molecule has 0 saturated heterocycles. The number of hydrogen-bond donors (Lipinski definition) is 1. The van der Waals surface area contributed by atoms with Crippen LogP contribution in [0.25, 0.3) is 11.4 Å². The lowest BCUT2D eigenvalue weighted by Crippen LogP contribution is -1.98. The van der Waals surface area contributed by atoms with Crippen LogP contribution in [0.5, 0.6) is 5.75 Å². The second-order valence-corrected chi connectivity index (χ2v) is 5.63. The Labute approximate surface area is 145 Å². The van der Waals surface area contributed by atoms with Gasteiger partial charge in [-0.25, -0.2) is 5.10 Å². The van der Waals surface area contributed by atoms with Crippen molar-refractivity contribution in [3.63, 3.8) is 0 Å². The van der Waals surface area contributed by atoms with Crippen molar-refractivity contribution in [2.45, 2.75) is 13.8 Å². The maximum atomic E-state index is 5.62. The van der Waals surface area contributed by atoms with Crippen molar-refractivity contribution in [3.8, 4) is 17.1 Å². The van der Waals surface area contributed by atoms with Gasteiger partial charge in [0, 0.05) is 11.1 Å². The van der Waals surface area contributed by atoms with Crippen LogP contribution < -0.4 is 4.74 Å². The first-order valence-electron chi connectivity index (χ1n) is 7.69. The van der Waals surface area contributed by atoms with E-state index in [4.69, 9.17) is 17.0 Å². The van der Waals surface area contributed by atoms with E-state index in [-0.39, 0.29) is 0 Å². The predicted octanol–water partition coefficient (Wildman–Crippen LogP) is 4.20. The van der Waals surface area contributed by atoms with Crippen LogP contribution >= 0.6 is 12.2 Å². The monoisotopic (exact) mass is 338 g/mol. The van der Waals surface area contributed by atoms with Gasteiger partial charge in [-0.3, -0.25) is 0 Å². The van der Waals surface area contributed by atoms with Crippen LogP contribution in [0.1, 0.15) is 18.1 Å². The first-order chi connectivity index (χ1) is 11.7. The van der Waals surface area contributed by atoms with Crippen molar-refractivity contribution in [1.82, 2.24) is 14.9 Å². The maximum Gasteiger partial charge on any atom is 0.216 e. The molecule has 6 heteroatoms. The second kappa shape index (κ2) is 7.23. The summed E-state index contributed by atoms with van der Waals surface area (Å²) in [5.74, 6) is 1.46. The summed E-state index contributed by atoms with van der Waals surface area (Å²) in [7, 11) is 0. The lowest BCUT2D eigenvalue weighted by molar-refractivity contribution is 0.340. The molecule has 3 rings (SSSR count). The van der Waals surface area contributed by atoms with Gasteiger partial charge in [-0.05, 0) is 38.2 Å². The van der Waals surface area contributed by atoms with E-state index in [0.29, 0.717) is 17.2 Å². The Kier molecular flexibility index (Phi) is 4.86. The summed E-state index contributed by atoms with van der Waals surface area (Å²) in [6, 6.07) is 15.8. The number of para-hydroxylation sites is 1. The minimum Gasteiger partial charge on any atom is -0.493 e. The average Bonchev–Trinajstić information content (AvgIpc) is 2.96. The molecule has 24 heavy (non-hydrogen) atoms. The average molecular weight is 338 g/mol. The Morgan fingerprint density at radius 3 is 2.71 bits per heavy atom. The van der Waals surface area contributed by atoms with Gasteiger partial charge in [0.25, 0.3) is 0 Å². The molecule has 0 unspecified atom stereocenters. The smallest absolute Gasteiger partial charge is 0.216 e. The number of nitrogens with zero attached hydrogens (tertiary/aromatic N) is 3. The van der Waals surface area contributed by atoms with Gasteiger partial charge >= 0.3 is 0 Å². The Bertz CT molecular complexity index is 909. The summed E-state index contributed by atoms with van der Waals surface area (Å²) in [5, 5.41) is 11.6. The maximum absolute atomic E-state index is 5.62. The highest BCUT2D eigenvalue weighted by molar-refractivity contribution is 7.71. The molecular formula is C18H18N4OS. The minimum atomic E-state index is 0.440. The zero-order valence-corrected chi connectivity index (χ0v) is 14.4. The number of aryl methyl sites for hydroxylation is 1. The van der Waals surface area contributed by atoms with Crippen molar-refractivity contribution in [2.24, 2.45) is 5.10 Å². The van der Waals surface area contributed by atoms with Gasteiger partial charge in [0.15, 0.2) is 5.82 Å². The third-order valence-electron chi connectivity index (χ3n) is 3.49. The van der Waals surface area contributed by atoms with Crippen LogP contribution in [-0.2, 0) is 0 Å². The first-order valence-corrected chi connectivity index (χ1v) is 8.10. The zero-order valence-electron chi connectivity index (χ0n) is 13.6. The molecule has 0 spiro atoms. The molecule has 0 bridgehead atoms. The van der Waals surface area contributed by atoms with Crippen molar-refractivity contribution in [3.05, 3.63) is 64.4 Å². The van der Waals surface area contributed by atoms with Gasteiger partial charge in [0.05, 0.1) is 12.8 Å². The number of rotatable bonds is 5. The van der Waals surface area contributed by atoms with Crippen LogP contribution in [-0.4, -0.2) is 27.7 Å². The highest BCUT2D eigenvalue weighted by Crippen LogP contribution is 2.19. The molecule has 5 nitrogen and oxygen atoms in total. The van der Waals surface area contributed by atoms with E-state index in [2.05, 4.69) is 15.3 Å². The Morgan fingerprint density at radius 2 is 1.96 bits per heavy atom. The topological polar surface area (TPSA) is 55.2 Å². The lowest BCUT2D eigenvalue weighted by atomic mass is 10.1. The molecule has 0 aliphatic rings. The molecule has 0 aliphatic carbocycles. The van der Waals surface area contributed by atoms with E-state index < -0.39 is 0 Å². The molecule has 0 saturated carbocycles.